The van der Waals surface area contributed by atoms with E-state index >= 15 is 0 Å². The first-order valence-electron chi connectivity index (χ1n) is 8.52. The number of hydrogen-bond acceptors (Lipinski definition) is 6. The number of rotatable bonds is 7. The smallest absolute Gasteiger partial charge is 0.390 e. The fraction of sp³-hybridized carbons (Fsp3) is 0.389. The van der Waals surface area contributed by atoms with Crippen molar-refractivity contribution >= 4 is 17.5 Å². The van der Waals surface area contributed by atoms with Gasteiger partial charge < -0.3 is 20.7 Å². The molecular weight excluding hydrogens is 375 g/mol. The van der Waals surface area contributed by atoms with Crippen LogP contribution in [-0.4, -0.2) is 41.5 Å². The Labute approximate surface area is 159 Å². The first kappa shape index (κ1) is 21.4. The van der Waals surface area contributed by atoms with Crippen LogP contribution in [0.25, 0.3) is 0 Å². The van der Waals surface area contributed by atoms with Gasteiger partial charge in [0, 0.05) is 14.1 Å². The lowest BCUT2D eigenvalue weighted by atomic mass is 10.0. The van der Waals surface area contributed by atoms with E-state index in [2.05, 4.69) is 15.3 Å². The molecule has 1 aromatic heterocycles. The lowest BCUT2D eigenvalue weighted by molar-refractivity contribution is -0.137. The van der Waals surface area contributed by atoms with Gasteiger partial charge in [-0.3, -0.25) is 9.78 Å². The summed E-state index contributed by atoms with van der Waals surface area (Å²) in [6.07, 6.45) is -3.94. The number of nitrogens with one attached hydrogen (secondary N) is 3. The number of aliphatic hydroxyl groups excluding tert-OH is 1. The fourth-order valence-corrected chi connectivity index (χ4v) is 2.63. The Bertz CT molecular complexity index is 892. The van der Waals surface area contributed by atoms with E-state index < -0.39 is 29.9 Å². The molecule has 1 atom stereocenters. The molecule has 152 valence electrons. The van der Waals surface area contributed by atoms with Gasteiger partial charge in [-0.25, -0.2) is 0 Å². The highest BCUT2D eigenvalue weighted by atomic mass is 19.4. The van der Waals surface area contributed by atoms with Gasteiger partial charge in [-0.15, -0.1) is 0 Å². The van der Waals surface area contributed by atoms with Gasteiger partial charge in [-0.2, -0.15) is 18.2 Å². The van der Waals surface area contributed by atoms with E-state index in [1.807, 2.05) is 6.92 Å². The lowest BCUT2D eigenvalue weighted by Crippen LogP contribution is -2.28. The summed E-state index contributed by atoms with van der Waals surface area (Å²) in [6, 6.07) is 4.26. The first-order chi connectivity index (χ1) is 13.1. The molecule has 1 aromatic carbocycles. The van der Waals surface area contributed by atoms with E-state index in [4.69, 9.17) is 5.41 Å². The van der Waals surface area contributed by atoms with Gasteiger partial charge in [0.1, 0.15) is 11.4 Å². The van der Waals surface area contributed by atoms with Gasteiger partial charge in [-0.1, -0.05) is 19.1 Å². The lowest BCUT2D eigenvalue weighted by Gasteiger charge is -2.22. The normalized spacial score (nSPS) is 12.5. The third-order valence-corrected chi connectivity index (χ3v) is 4.15. The Hall–Kier alpha value is -2.88. The zero-order valence-electron chi connectivity index (χ0n) is 15.7. The second-order valence-corrected chi connectivity index (χ2v) is 6.37. The van der Waals surface area contributed by atoms with Crippen LogP contribution < -0.4 is 15.8 Å². The molecule has 0 amide bonds. The Morgan fingerprint density at radius 3 is 2.39 bits per heavy atom. The van der Waals surface area contributed by atoms with Crippen molar-refractivity contribution in [3.63, 3.8) is 0 Å². The number of H-pyrrole nitrogens is 1. The molecule has 0 aliphatic heterocycles. The Morgan fingerprint density at radius 1 is 1.32 bits per heavy atom. The maximum Gasteiger partial charge on any atom is 0.416 e. The molecule has 0 saturated heterocycles. The molecule has 1 heterocycles. The summed E-state index contributed by atoms with van der Waals surface area (Å²) in [5.41, 5.74) is -1.20. The SMILES string of the molecule is CCC(Nc1nc(N(C)C)[nH]c(=O)c1C(=N)CO)c1ccc(C(F)(F)F)cc1. The highest BCUT2D eigenvalue weighted by Gasteiger charge is 2.30. The molecule has 2 rings (SSSR count). The quantitative estimate of drug-likeness (QED) is 0.538. The second-order valence-electron chi connectivity index (χ2n) is 6.37. The minimum Gasteiger partial charge on any atom is -0.390 e. The predicted molar refractivity (Wildman–Crippen MR) is 101 cm³/mol. The number of benzene rings is 1. The van der Waals surface area contributed by atoms with E-state index in [-0.39, 0.29) is 23.0 Å². The minimum absolute atomic E-state index is 0.0817. The number of alkyl halides is 3. The topological polar surface area (TPSA) is 105 Å². The van der Waals surface area contributed by atoms with Crippen molar-refractivity contribution in [2.45, 2.75) is 25.6 Å². The van der Waals surface area contributed by atoms with Crippen LogP contribution in [0.5, 0.6) is 0 Å². The summed E-state index contributed by atoms with van der Waals surface area (Å²) in [5.74, 6) is 0.322. The van der Waals surface area contributed by atoms with Crippen LogP contribution in [-0.2, 0) is 6.18 Å². The van der Waals surface area contributed by atoms with Crippen LogP contribution >= 0.6 is 0 Å². The van der Waals surface area contributed by atoms with Crippen molar-refractivity contribution in [3.05, 3.63) is 51.3 Å². The van der Waals surface area contributed by atoms with Crippen LogP contribution in [0.3, 0.4) is 0 Å². The van der Waals surface area contributed by atoms with E-state index in [9.17, 15) is 23.1 Å². The molecule has 2 aromatic rings. The molecule has 0 aliphatic rings. The zero-order valence-corrected chi connectivity index (χ0v) is 15.7. The third kappa shape index (κ3) is 4.69. The average Bonchev–Trinajstić information content (AvgIpc) is 2.64. The molecule has 0 saturated carbocycles. The number of aromatic nitrogens is 2. The van der Waals surface area contributed by atoms with Crippen LogP contribution in [0, 0.1) is 5.41 Å². The van der Waals surface area contributed by atoms with Crippen molar-refractivity contribution in [1.29, 1.82) is 5.41 Å². The molecule has 0 fully saturated rings. The summed E-state index contributed by atoms with van der Waals surface area (Å²) >= 11 is 0. The average molecular weight is 397 g/mol. The summed E-state index contributed by atoms with van der Waals surface area (Å²) in [7, 11) is 3.35. The van der Waals surface area contributed by atoms with E-state index in [1.54, 1.807) is 19.0 Å². The molecule has 1 unspecified atom stereocenters. The van der Waals surface area contributed by atoms with Crippen molar-refractivity contribution in [2.75, 3.05) is 30.9 Å². The van der Waals surface area contributed by atoms with Crippen LogP contribution in [0.15, 0.2) is 29.1 Å². The summed E-state index contributed by atoms with van der Waals surface area (Å²) in [6.45, 7) is 1.17. The number of halogens is 3. The van der Waals surface area contributed by atoms with Gasteiger partial charge in [0.05, 0.1) is 23.9 Å². The molecule has 10 heteroatoms. The number of nitrogens with zero attached hydrogens (tertiary/aromatic N) is 2. The number of hydrogen-bond donors (Lipinski definition) is 4. The van der Waals surface area contributed by atoms with Crippen molar-refractivity contribution < 1.29 is 18.3 Å². The molecule has 0 aliphatic carbocycles. The van der Waals surface area contributed by atoms with Gasteiger partial charge in [-0.05, 0) is 24.1 Å². The maximum absolute atomic E-state index is 12.8. The van der Waals surface area contributed by atoms with Crippen LogP contribution in [0.1, 0.15) is 36.1 Å². The Balaban J connectivity index is 2.45. The predicted octanol–water partition coefficient (Wildman–Crippen LogP) is 2.78. The Morgan fingerprint density at radius 2 is 1.93 bits per heavy atom. The van der Waals surface area contributed by atoms with Gasteiger partial charge >= 0.3 is 6.18 Å². The summed E-state index contributed by atoms with van der Waals surface area (Å²) < 4.78 is 38.3. The van der Waals surface area contributed by atoms with Crippen LogP contribution in [0.2, 0.25) is 0 Å². The summed E-state index contributed by atoms with van der Waals surface area (Å²) in [5, 5.41) is 20.2. The molecule has 28 heavy (non-hydrogen) atoms. The Kier molecular flexibility index (Phi) is 6.45. The number of aliphatic hydroxyl groups is 1. The highest BCUT2D eigenvalue weighted by Crippen LogP contribution is 2.31. The van der Waals surface area contributed by atoms with Crippen molar-refractivity contribution in [2.24, 2.45) is 0 Å². The van der Waals surface area contributed by atoms with Crippen molar-refractivity contribution in [3.8, 4) is 0 Å². The molecule has 4 N–H and O–H groups in total. The van der Waals surface area contributed by atoms with Gasteiger partial charge in [0.25, 0.3) is 5.56 Å². The fourth-order valence-electron chi connectivity index (χ4n) is 2.63. The zero-order chi connectivity index (χ0) is 21.1. The molecular formula is C18H22F3N5O2. The number of anilines is 2. The largest absolute Gasteiger partial charge is 0.416 e. The standard InChI is InChI=1S/C18H22F3N5O2/c1-4-13(10-5-7-11(8-6-10)18(19,20)21)23-15-14(12(22)9-27)16(28)25-17(24-15)26(2)3/h5-8,13,22,27H,4,9H2,1-3H3,(H2,23,24,25,28). The van der Waals surface area contributed by atoms with Gasteiger partial charge in [0.2, 0.25) is 5.95 Å². The third-order valence-electron chi connectivity index (χ3n) is 4.15. The molecule has 0 radical (unpaired) electrons. The maximum atomic E-state index is 12.8. The highest BCUT2D eigenvalue weighted by molar-refractivity contribution is 6.02. The van der Waals surface area contributed by atoms with E-state index in [0.717, 1.165) is 12.1 Å². The monoisotopic (exact) mass is 397 g/mol. The minimum atomic E-state index is -4.42. The molecule has 0 spiro atoms. The summed E-state index contributed by atoms with van der Waals surface area (Å²) in [4.78, 5) is 20.8. The second kappa shape index (κ2) is 8.42. The number of aromatic amines is 1. The van der Waals surface area contributed by atoms with E-state index in [1.165, 1.54) is 12.1 Å². The van der Waals surface area contributed by atoms with Crippen molar-refractivity contribution in [1.82, 2.24) is 9.97 Å². The van der Waals surface area contributed by atoms with Gasteiger partial charge in [0.15, 0.2) is 0 Å². The van der Waals surface area contributed by atoms with Crippen LogP contribution in [0.4, 0.5) is 24.9 Å². The molecule has 0 bridgehead atoms. The van der Waals surface area contributed by atoms with E-state index in [0.29, 0.717) is 12.0 Å². The first-order valence-corrected chi connectivity index (χ1v) is 8.52. The molecule has 7 nitrogen and oxygen atoms in total.